The zero-order chi connectivity index (χ0) is 15.1. The zero-order valence-electron chi connectivity index (χ0n) is 12.8. The molecule has 0 aliphatic carbocycles. The summed E-state index contributed by atoms with van der Waals surface area (Å²) in [5.41, 5.74) is 1.13. The number of unbranched alkanes of at least 4 members (excludes halogenated alkanes) is 2. The SMILES string of the molecule is CCCCCOc1c(C)cc(OCCBr)c2ccccc12. The molecule has 2 aromatic carbocycles. The van der Waals surface area contributed by atoms with Crippen LogP contribution in [0, 0.1) is 6.92 Å². The summed E-state index contributed by atoms with van der Waals surface area (Å²) in [4.78, 5) is 0. The van der Waals surface area contributed by atoms with E-state index in [1.807, 2.05) is 6.07 Å². The van der Waals surface area contributed by atoms with Gasteiger partial charge in [-0.3, -0.25) is 0 Å². The number of fused-ring (bicyclic) bond motifs is 1. The van der Waals surface area contributed by atoms with Crippen LogP contribution >= 0.6 is 15.9 Å². The molecule has 21 heavy (non-hydrogen) atoms. The van der Waals surface area contributed by atoms with Crippen LogP contribution in [0.5, 0.6) is 11.5 Å². The quantitative estimate of drug-likeness (QED) is 0.462. The third-order valence-electron chi connectivity index (χ3n) is 3.47. The minimum atomic E-state index is 0.667. The van der Waals surface area contributed by atoms with Crippen molar-refractivity contribution in [1.29, 1.82) is 0 Å². The molecule has 0 saturated carbocycles. The van der Waals surface area contributed by atoms with Gasteiger partial charge in [0.05, 0.1) is 13.2 Å². The van der Waals surface area contributed by atoms with Crippen LogP contribution in [0.1, 0.15) is 31.7 Å². The maximum atomic E-state index is 6.05. The second kappa shape index (κ2) is 8.28. The second-order valence-electron chi connectivity index (χ2n) is 5.16. The van der Waals surface area contributed by atoms with Gasteiger partial charge < -0.3 is 9.47 Å². The molecule has 0 amide bonds. The van der Waals surface area contributed by atoms with Gasteiger partial charge in [-0.25, -0.2) is 0 Å². The van der Waals surface area contributed by atoms with Gasteiger partial charge in [-0.05, 0) is 25.0 Å². The average molecular weight is 351 g/mol. The van der Waals surface area contributed by atoms with Crippen LogP contribution in [0.2, 0.25) is 0 Å². The number of halogens is 1. The van der Waals surface area contributed by atoms with Crippen molar-refractivity contribution >= 4 is 26.7 Å². The monoisotopic (exact) mass is 350 g/mol. The van der Waals surface area contributed by atoms with Gasteiger partial charge in [0, 0.05) is 16.1 Å². The van der Waals surface area contributed by atoms with Crippen LogP contribution in [-0.4, -0.2) is 18.5 Å². The molecule has 2 aromatic rings. The summed E-state index contributed by atoms with van der Waals surface area (Å²) in [5, 5.41) is 3.09. The standard InChI is InChI=1S/C18H23BrO2/c1-3-4-7-11-21-18-14(2)13-17(20-12-10-19)15-8-5-6-9-16(15)18/h5-6,8-9,13H,3-4,7,10-12H2,1-2H3. The molecule has 0 aliphatic heterocycles. The summed E-state index contributed by atoms with van der Waals surface area (Å²) in [6.45, 7) is 5.74. The van der Waals surface area contributed by atoms with E-state index in [2.05, 4.69) is 54.0 Å². The maximum absolute atomic E-state index is 6.05. The molecule has 2 nitrogen and oxygen atoms in total. The summed E-state index contributed by atoms with van der Waals surface area (Å²) in [6, 6.07) is 10.4. The molecule has 0 bridgehead atoms. The molecular formula is C18H23BrO2. The zero-order valence-corrected chi connectivity index (χ0v) is 14.4. The Hall–Kier alpha value is -1.22. The van der Waals surface area contributed by atoms with E-state index in [4.69, 9.17) is 9.47 Å². The van der Waals surface area contributed by atoms with Crippen LogP contribution < -0.4 is 9.47 Å². The highest BCUT2D eigenvalue weighted by atomic mass is 79.9. The number of benzene rings is 2. The Bertz CT molecular complexity index is 581. The largest absolute Gasteiger partial charge is 0.493 e. The highest BCUT2D eigenvalue weighted by Gasteiger charge is 2.11. The highest BCUT2D eigenvalue weighted by Crippen LogP contribution is 2.36. The Morgan fingerprint density at radius 3 is 2.48 bits per heavy atom. The lowest BCUT2D eigenvalue weighted by atomic mass is 10.0. The minimum Gasteiger partial charge on any atom is -0.493 e. The molecule has 114 valence electrons. The fourth-order valence-electron chi connectivity index (χ4n) is 2.43. The molecule has 0 radical (unpaired) electrons. The van der Waals surface area contributed by atoms with Crippen molar-refractivity contribution < 1.29 is 9.47 Å². The van der Waals surface area contributed by atoms with Gasteiger partial charge in [-0.2, -0.15) is 0 Å². The van der Waals surface area contributed by atoms with E-state index < -0.39 is 0 Å². The number of hydrogen-bond acceptors (Lipinski definition) is 2. The lowest BCUT2D eigenvalue weighted by Gasteiger charge is -2.16. The highest BCUT2D eigenvalue weighted by molar-refractivity contribution is 9.09. The van der Waals surface area contributed by atoms with Gasteiger partial charge in [0.1, 0.15) is 11.5 Å². The molecule has 2 rings (SSSR count). The second-order valence-corrected chi connectivity index (χ2v) is 5.95. The number of rotatable bonds is 8. The lowest BCUT2D eigenvalue weighted by molar-refractivity contribution is 0.306. The summed E-state index contributed by atoms with van der Waals surface area (Å²) >= 11 is 3.40. The van der Waals surface area contributed by atoms with Crippen molar-refractivity contribution in [2.45, 2.75) is 33.1 Å². The summed E-state index contributed by atoms with van der Waals surface area (Å²) in [5.74, 6) is 1.93. The lowest BCUT2D eigenvalue weighted by Crippen LogP contribution is -2.02. The third-order valence-corrected chi connectivity index (χ3v) is 3.80. The van der Waals surface area contributed by atoms with Gasteiger partial charge >= 0.3 is 0 Å². The number of alkyl halides is 1. The van der Waals surface area contributed by atoms with Crippen molar-refractivity contribution in [3.8, 4) is 11.5 Å². The van der Waals surface area contributed by atoms with E-state index in [1.165, 1.54) is 12.8 Å². The van der Waals surface area contributed by atoms with Crippen molar-refractivity contribution in [2.24, 2.45) is 0 Å². The maximum Gasteiger partial charge on any atom is 0.130 e. The van der Waals surface area contributed by atoms with Crippen molar-refractivity contribution in [3.05, 3.63) is 35.9 Å². The number of aryl methyl sites for hydroxylation is 1. The van der Waals surface area contributed by atoms with E-state index in [1.54, 1.807) is 0 Å². The summed E-state index contributed by atoms with van der Waals surface area (Å²) in [6.07, 6.45) is 3.53. The van der Waals surface area contributed by atoms with Crippen molar-refractivity contribution in [3.63, 3.8) is 0 Å². The molecule has 0 saturated heterocycles. The summed E-state index contributed by atoms with van der Waals surface area (Å²) < 4.78 is 11.9. The minimum absolute atomic E-state index is 0.667. The number of ether oxygens (including phenoxy) is 2. The Balaban J connectivity index is 2.30. The summed E-state index contributed by atoms with van der Waals surface area (Å²) in [7, 11) is 0. The smallest absolute Gasteiger partial charge is 0.130 e. The topological polar surface area (TPSA) is 18.5 Å². The molecule has 0 unspecified atom stereocenters. The Morgan fingerprint density at radius 2 is 1.76 bits per heavy atom. The molecule has 0 fully saturated rings. The van der Waals surface area contributed by atoms with Gasteiger partial charge in [0.15, 0.2) is 0 Å². The number of hydrogen-bond donors (Lipinski definition) is 0. The first kappa shape index (κ1) is 16.2. The van der Waals surface area contributed by atoms with Gasteiger partial charge in [-0.1, -0.05) is 60.0 Å². The van der Waals surface area contributed by atoms with Crippen LogP contribution in [0.4, 0.5) is 0 Å². The van der Waals surface area contributed by atoms with Gasteiger partial charge in [-0.15, -0.1) is 0 Å². The first-order valence-electron chi connectivity index (χ1n) is 7.61. The van der Waals surface area contributed by atoms with E-state index in [0.29, 0.717) is 6.61 Å². The molecular weight excluding hydrogens is 328 g/mol. The van der Waals surface area contributed by atoms with Crippen LogP contribution in [0.25, 0.3) is 10.8 Å². The molecule has 0 aromatic heterocycles. The molecule has 0 aliphatic rings. The third kappa shape index (κ3) is 4.13. The van der Waals surface area contributed by atoms with Crippen molar-refractivity contribution in [1.82, 2.24) is 0 Å². The molecule has 0 N–H and O–H groups in total. The van der Waals surface area contributed by atoms with Crippen LogP contribution in [0.15, 0.2) is 30.3 Å². The van der Waals surface area contributed by atoms with Crippen molar-refractivity contribution in [2.75, 3.05) is 18.5 Å². The Kier molecular flexibility index (Phi) is 6.37. The normalized spacial score (nSPS) is 10.8. The molecule has 0 atom stereocenters. The van der Waals surface area contributed by atoms with E-state index in [-0.39, 0.29) is 0 Å². The first-order chi connectivity index (χ1) is 10.3. The molecule has 0 spiro atoms. The predicted octanol–water partition coefficient (Wildman–Crippen LogP) is 5.49. The fourth-order valence-corrected chi connectivity index (χ4v) is 2.60. The average Bonchev–Trinajstić information content (AvgIpc) is 2.51. The Labute approximate surface area is 135 Å². The molecule has 0 heterocycles. The first-order valence-corrected chi connectivity index (χ1v) is 8.74. The van der Waals surface area contributed by atoms with E-state index in [0.717, 1.165) is 46.2 Å². The predicted molar refractivity (Wildman–Crippen MR) is 93.0 cm³/mol. The molecule has 3 heteroatoms. The van der Waals surface area contributed by atoms with Crippen LogP contribution in [-0.2, 0) is 0 Å². The van der Waals surface area contributed by atoms with E-state index in [9.17, 15) is 0 Å². The van der Waals surface area contributed by atoms with Gasteiger partial charge in [0.2, 0.25) is 0 Å². The Morgan fingerprint density at radius 1 is 1.00 bits per heavy atom. The van der Waals surface area contributed by atoms with E-state index >= 15 is 0 Å². The fraction of sp³-hybridized carbons (Fsp3) is 0.444. The van der Waals surface area contributed by atoms with Gasteiger partial charge in [0.25, 0.3) is 0 Å². The van der Waals surface area contributed by atoms with Crippen LogP contribution in [0.3, 0.4) is 0 Å².